The van der Waals surface area contributed by atoms with Gasteiger partial charge >= 0.3 is 0 Å². The first-order valence-corrected chi connectivity index (χ1v) is 3.49. The Hall–Kier alpha value is -0.160. The van der Waals surface area contributed by atoms with Crippen LogP contribution in [0, 0.1) is 0 Å². The highest BCUT2D eigenvalue weighted by molar-refractivity contribution is 4.83. The summed E-state index contributed by atoms with van der Waals surface area (Å²) in [5.74, 6) is 5.45. The van der Waals surface area contributed by atoms with Gasteiger partial charge in [0.2, 0.25) is 0 Å². The zero-order valence-corrected chi connectivity index (χ0v) is 5.95. The van der Waals surface area contributed by atoms with Gasteiger partial charge in [-0.05, 0) is 12.8 Å². The molecule has 0 aromatic carbocycles. The van der Waals surface area contributed by atoms with Crippen molar-refractivity contribution in [2.24, 2.45) is 5.84 Å². The van der Waals surface area contributed by atoms with Gasteiger partial charge in [0.25, 0.3) is 0 Å². The van der Waals surface area contributed by atoms with E-state index in [1.165, 1.54) is 0 Å². The van der Waals surface area contributed by atoms with Crippen LogP contribution in [0.2, 0.25) is 0 Å². The van der Waals surface area contributed by atoms with Crippen LogP contribution in [-0.4, -0.2) is 40.5 Å². The van der Waals surface area contributed by atoms with Crippen LogP contribution in [0.1, 0.15) is 12.8 Å². The molecule has 0 saturated carbocycles. The molecule has 0 aromatic rings. The predicted octanol–water partition coefficient (Wildman–Crippen LogP) is -1.32. The maximum atomic E-state index is 9.47. The van der Waals surface area contributed by atoms with Crippen molar-refractivity contribution in [3.8, 4) is 0 Å². The Morgan fingerprint density at radius 2 is 1.90 bits per heavy atom. The highest BCUT2D eigenvalue weighted by Crippen LogP contribution is 2.19. The third kappa shape index (κ3) is 1.67. The standard InChI is InChI=1S/C6H14N2O2/c7-8-3-1-6(10,5-9)2-4-8/h9-10H,1-5,7H2. The van der Waals surface area contributed by atoms with Crippen LogP contribution in [0.4, 0.5) is 0 Å². The van der Waals surface area contributed by atoms with Crippen LogP contribution in [0.25, 0.3) is 0 Å². The predicted molar refractivity (Wildman–Crippen MR) is 37.0 cm³/mol. The largest absolute Gasteiger partial charge is 0.393 e. The number of aliphatic hydroxyl groups is 2. The van der Waals surface area contributed by atoms with E-state index in [0.29, 0.717) is 25.9 Å². The fourth-order valence-electron chi connectivity index (χ4n) is 1.10. The Balaban J connectivity index is 2.38. The molecule has 0 unspecified atom stereocenters. The molecule has 0 aromatic heterocycles. The van der Waals surface area contributed by atoms with Crippen LogP contribution < -0.4 is 5.84 Å². The van der Waals surface area contributed by atoms with Crippen LogP contribution in [0.5, 0.6) is 0 Å². The molecule has 0 atom stereocenters. The van der Waals surface area contributed by atoms with Gasteiger partial charge < -0.3 is 10.2 Å². The Labute approximate surface area is 60.2 Å². The van der Waals surface area contributed by atoms with Crippen molar-refractivity contribution >= 4 is 0 Å². The van der Waals surface area contributed by atoms with Gasteiger partial charge in [0.05, 0.1) is 12.2 Å². The van der Waals surface area contributed by atoms with E-state index >= 15 is 0 Å². The fourth-order valence-corrected chi connectivity index (χ4v) is 1.10. The van der Waals surface area contributed by atoms with Crippen LogP contribution in [0.3, 0.4) is 0 Å². The SMILES string of the molecule is NN1CCC(O)(CO)CC1. The first-order chi connectivity index (χ1) is 4.66. The quantitative estimate of drug-likeness (QED) is 0.401. The van der Waals surface area contributed by atoms with Crippen molar-refractivity contribution in [3.63, 3.8) is 0 Å². The molecule has 0 amide bonds. The Bertz CT molecular complexity index is 110. The molecule has 4 N–H and O–H groups in total. The van der Waals surface area contributed by atoms with Gasteiger partial charge in [-0.2, -0.15) is 0 Å². The van der Waals surface area contributed by atoms with Crippen LogP contribution >= 0.6 is 0 Å². The summed E-state index contributed by atoms with van der Waals surface area (Å²) in [6.45, 7) is 1.18. The molecule has 10 heavy (non-hydrogen) atoms. The molecule has 1 aliphatic rings. The minimum absolute atomic E-state index is 0.152. The normalized spacial score (nSPS) is 26.7. The molecular weight excluding hydrogens is 132 g/mol. The fraction of sp³-hybridized carbons (Fsp3) is 1.00. The van der Waals surface area contributed by atoms with Gasteiger partial charge in [0.1, 0.15) is 0 Å². The summed E-state index contributed by atoms with van der Waals surface area (Å²) in [6, 6.07) is 0. The molecule has 4 heteroatoms. The lowest BCUT2D eigenvalue weighted by atomic mass is 9.93. The maximum absolute atomic E-state index is 9.47. The molecule has 4 nitrogen and oxygen atoms in total. The van der Waals surface area contributed by atoms with E-state index in [-0.39, 0.29) is 6.61 Å². The zero-order valence-electron chi connectivity index (χ0n) is 5.95. The number of hydrazine groups is 1. The lowest BCUT2D eigenvalue weighted by molar-refractivity contribution is -0.0596. The lowest BCUT2D eigenvalue weighted by Gasteiger charge is -2.34. The minimum Gasteiger partial charge on any atom is -0.393 e. The Morgan fingerprint density at radius 3 is 2.30 bits per heavy atom. The van der Waals surface area contributed by atoms with E-state index in [4.69, 9.17) is 10.9 Å². The smallest absolute Gasteiger partial charge is 0.0902 e. The molecule has 1 rings (SSSR count). The monoisotopic (exact) mass is 146 g/mol. The molecule has 0 spiro atoms. The Kier molecular flexibility index (Phi) is 2.25. The zero-order chi connectivity index (χ0) is 7.61. The summed E-state index contributed by atoms with van der Waals surface area (Å²) in [5, 5.41) is 19.8. The highest BCUT2D eigenvalue weighted by Gasteiger charge is 2.30. The van der Waals surface area contributed by atoms with Crippen molar-refractivity contribution < 1.29 is 10.2 Å². The summed E-state index contributed by atoms with van der Waals surface area (Å²) in [5.41, 5.74) is -0.865. The number of hydrogen-bond acceptors (Lipinski definition) is 4. The van der Waals surface area contributed by atoms with Gasteiger partial charge in [-0.25, -0.2) is 5.01 Å². The third-order valence-electron chi connectivity index (χ3n) is 2.02. The Morgan fingerprint density at radius 1 is 1.40 bits per heavy atom. The number of piperidine rings is 1. The van der Waals surface area contributed by atoms with Crippen molar-refractivity contribution in [1.82, 2.24) is 5.01 Å². The molecule has 1 saturated heterocycles. The maximum Gasteiger partial charge on any atom is 0.0902 e. The summed E-state index contributed by atoms with van der Waals surface area (Å²) >= 11 is 0. The van der Waals surface area contributed by atoms with E-state index in [9.17, 15) is 5.11 Å². The molecule has 1 fully saturated rings. The van der Waals surface area contributed by atoms with Crippen molar-refractivity contribution in [2.75, 3.05) is 19.7 Å². The average Bonchev–Trinajstić information content (AvgIpc) is 1.96. The highest BCUT2D eigenvalue weighted by atomic mass is 16.3. The van der Waals surface area contributed by atoms with Gasteiger partial charge in [0, 0.05) is 13.1 Å². The van der Waals surface area contributed by atoms with Gasteiger partial charge in [-0.15, -0.1) is 0 Å². The molecule has 0 radical (unpaired) electrons. The van der Waals surface area contributed by atoms with Crippen molar-refractivity contribution in [3.05, 3.63) is 0 Å². The minimum atomic E-state index is -0.865. The van der Waals surface area contributed by atoms with E-state index in [0.717, 1.165) is 0 Å². The van der Waals surface area contributed by atoms with Gasteiger partial charge in [0.15, 0.2) is 0 Å². The van der Waals surface area contributed by atoms with E-state index < -0.39 is 5.60 Å². The molecule has 60 valence electrons. The van der Waals surface area contributed by atoms with E-state index in [1.807, 2.05) is 0 Å². The molecule has 1 aliphatic heterocycles. The second-order valence-corrected chi connectivity index (χ2v) is 2.92. The number of nitrogens with two attached hydrogens (primary N) is 1. The number of hydrogen-bond donors (Lipinski definition) is 3. The van der Waals surface area contributed by atoms with E-state index in [1.54, 1.807) is 5.01 Å². The molecular formula is C6H14N2O2. The first-order valence-electron chi connectivity index (χ1n) is 3.49. The number of nitrogens with zero attached hydrogens (tertiary/aromatic N) is 1. The lowest BCUT2D eigenvalue weighted by Crippen LogP contribution is -2.49. The topological polar surface area (TPSA) is 69.7 Å². The molecule has 0 bridgehead atoms. The van der Waals surface area contributed by atoms with Gasteiger partial charge in [-0.3, -0.25) is 5.84 Å². The number of aliphatic hydroxyl groups excluding tert-OH is 1. The summed E-state index contributed by atoms with van der Waals surface area (Å²) < 4.78 is 0. The first kappa shape index (κ1) is 7.94. The number of rotatable bonds is 1. The summed E-state index contributed by atoms with van der Waals surface area (Å²) in [4.78, 5) is 0. The second-order valence-electron chi connectivity index (χ2n) is 2.92. The third-order valence-corrected chi connectivity index (χ3v) is 2.02. The molecule has 1 heterocycles. The summed E-state index contributed by atoms with van der Waals surface area (Å²) in [6.07, 6.45) is 1.14. The average molecular weight is 146 g/mol. The van der Waals surface area contributed by atoms with Crippen molar-refractivity contribution in [2.45, 2.75) is 18.4 Å². The van der Waals surface area contributed by atoms with Crippen LogP contribution in [0.15, 0.2) is 0 Å². The summed E-state index contributed by atoms with van der Waals surface area (Å²) in [7, 11) is 0. The van der Waals surface area contributed by atoms with Gasteiger partial charge in [-0.1, -0.05) is 0 Å². The second kappa shape index (κ2) is 2.84. The van der Waals surface area contributed by atoms with Crippen LogP contribution in [-0.2, 0) is 0 Å². The molecule has 0 aliphatic carbocycles. The van der Waals surface area contributed by atoms with Crippen molar-refractivity contribution in [1.29, 1.82) is 0 Å². The van der Waals surface area contributed by atoms with E-state index in [2.05, 4.69) is 0 Å².